The summed E-state index contributed by atoms with van der Waals surface area (Å²) in [5.74, 6) is 0.870. The Balaban J connectivity index is 3.30. The topological polar surface area (TPSA) is 44.5 Å². The van der Waals surface area contributed by atoms with E-state index >= 15 is 0 Å². The third-order valence-corrected chi connectivity index (χ3v) is 2.91. The maximum atomic E-state index is 12.8. The zero-order chi connectivity index (χ0) is 13.7. The minimum atomic E-state index is -2.53. The van der Waals surface area contributed by atoms with Crippen molar-refractivity contribution in [3.8, 4) is 11.5 Å². The van der Waals surface area contributed by atoms with E-state index in [9.17, 15) is 8.78 Å². The Labute approximate surface area is 106 Å². The van der Waals surface area contributed by atoms with Crippen molar-refractivity contribution < 1.29 is 18.3 Å². The predicted molar refractivity (Wildman–Crippen MR) is 66.6 cm³/mol. The van der Waals surface area contributed by atoms with Crippen molar-refractivity contribution in [1.29, 1.82) is 0 Å². The molecule has 0 fully saturated rings. The van der Waals surface area contributed by atoms with Crippen LogP contribution in [0.25, 0.3) is 0 Å². The molecule has 102 valence electrons. The summed E-state index contributed by atoms with van der Waals surface area (Å²) in [6.45, 7) is 2.42. The zero-order valence-corrected chi connectivity index (χ0v) is 10.9. The molecule has 0 aliphatic heterocycles. The molecule has 1 aromatic rings. The fraction of sp³-hybridized carbons (Fsp3) is 0.538. The monoisotopic (exact) mass is 259 g/mol. The number of methoxy groups -OCH3 is 2. The molecule has 0 radical (unpaired) electrons. The molecule has 2 N–H and O–H groups in total. The number of hydrogen-bond donors (Lipinski definition) is 1. The van der Waals surface area contributed by atoms with Crippen LogP contribution in [-0.4, -0.2) is 20.8 Å². The van der Waals surface area contributed by atoms with E-state index in [-0.39, 0.29) is 11.5 Å². The molecule has 1 rings (SSSR count). The molecule has 0 bridgehead atoms. The second-order valence-corrected chi connectivity index (χ2v) is 4.12. The van der Waals surface area contributed by atoms with Crippen LogP contribution >= 0.6 is 0 Å². The van der Waals surface area contributed by atoms with Gasteiger partial charge in [-0.15, -0.1) is 0 Å². The summed E-state index contributed by atoms with van der Waals surface area (Å²) in [7, 11) is 2.93. The van der Waals surface area contributed by atoms with Gasteiger partial charge in [-0.2, -0.15) is 0 Å². The highest BCUT2D eigenvalue weighted by Crippen LogP contribution is 2.40. The number of halogens is 2. The van der Waals surface area contributed by atoms with Gasteiger partial charge in [-0.05, 0) is 31.0 Å². The van der Waals surface area contributed by atoms with Gasteiger partial charge in [0.25, 0.3) is 6.43 Å². The highest BCUT2D eigenvalue weighted by molar-refractivity contribution is 5.51. The standard InChI is InChI=1S/C13H19F2NO2/c1-8(4-5-16)10-6-9(13(14)15)7-11(17-2)12(10)18-3/h6-8,13H,4-5,16H2,1-3H3. The van der Waals surface area contributed by atoms with Gasteiger partial charge in [-0.25, -0.2) is 8.78 Å². The van der Waals surface area contributed by atoms with Crippen LogP contribution in [0.1, 0.15) is 36.8 Å². The van der Waals surface area contributed by atoms with Crippen molar-refractivity contribution in [2.24, 2.45) is 5.73 Å². The highest BCUT2D eigenvalue weighted by atomic mass is 19.3. The minimum absolute atomic E-state index is 0.0394. The zero-order valence-electron chi connectivity index (χ0n) is 10.9. The third-order valence-electron chi connectivity index (χ3n) is 2.91. The Morgan fingerprint density at radius 3 is 2.33 bits per heavy atom. The Bertz CT molecular complexity index is 397. The average Bonchev–Trinajstić information content (AvgIpc) is 2.37. The highest BCUT2D eigenvalue weighted by Gasteiger charge is 2.20. The second-order valence-electron chi connectivity index (χ2n) is 4.12. The van der Waals surface area contributed by atoms with Crippen molar-refractivity contribution in [3.63, 3.8) is 0 Å². The minimum Gasteiger partial charge on any atom is -0.493 e. The summed E-state index contributed by atoms with van der Waals surface area (Å²) in [6.07, 6.45) is -1.83. The predicted octanol–water partition coefficient (Wildman–Crippen LogP) is 3.09. The average molecular weight is 259 g/mol. The lowest BCUT2D eigenvalue weighted by Crippen LogP contribution is -2.07. The van der Waals surface area contributed by atoms with E-state index in [2.05, 4.69) is 0 Å². The third kappa shape index (κ3) is 3.10. The van der Waals surface area contributed by atoms with Crippen LogP contribution in [0, 0.1) is 0 Å². The summed E-state index contributed by atoms with van der Waals surface area (Å²) in [5, 5.41) is 0. The molecule has 0 heterocycles. The molecule has 0 spiro atoms. The normalized spacial score (nSPS) is 12.6. The van der Waals surface area contributed by atoms with Gasteiger partial charge >= 0.3 is 0 Å². The lowest BCUT2D eigenvalue weighted by atomic mass is 9.94. The Morgan fingerprint density at radius 1 is 1.22 bits per heavy atom. The van der Waals surface area contributed by atoms with Gasteiger partial charge < -0.3 is 15.2 Å². The van der Waals surface area contributed by atoms with E-state index in [1.54, 1.807) is 0 Å². The summed E-state index contributed by atoms with van der Waals surface area (Å²) in [4.78, 5) is 0. The second kappa shape index (κ2) is 6.54. The summed E-state index contributed by atoms with van der Waals surface area (Å²) < 4.78 is 36.0. The SMILES string of the molecule is COc1cc(C(F)F)cc(C(C)CCN)c1OC. The maximum Gasteiger partial charge on any atom is 0.263 e. The first-order valence-electron chi connectivity index (χ1n) is 5.79. The molecule has 18 heavy (non-hydrogen) atoms. The molecule has 0 saturated heterocycles. The summed E-state index contributed by atoms with van der Waals surface area (Å²) in [6, 6.07) is 2.77. The molecular weight excluding hydrogens is 240 g/mol. The van der Waals surface area contributed by atoms with E-state index in [1.165, 1.54) is 26.4 Å². The smallest absolute Gasteiger partial charge is 0.263 e. The molecule has 1 unspecified atom stereocenters. The van der Waals surface area contributed by atoms with Gasteiger partial charge in [0.2, 0.25) is 0 Å². The maximum absolute atomic E-state index is 12.8. The molecule has 3 nitrogen and oxygen atoms in total. The number of alkyl halides is 2. The number of benzene rings is 1. The van der Waals surface area contributed by atoms with Gasteiger partial charge in [0.1, 0.15) is 0 Å². The van der Waals surface area contributed by atoms with Crippen molar-refractivity contribution in [2.45, 2.75) is 25.7 Å². The van der Waals surface area contributed by atoms with E-state index in [1.807, 2.05) is 6.92 Å². The number of hydrogen-bond acceptors (Lipinski definition) is 3. The Hall–Kier alpha value is -1.36. The van der Waals surface area contributed by atoms with Gasteiger partial charge in [0.15, 0.2) is 11.5 Å². The lowest BCUT2D eigenvalue weighted by Gasteiger charge is -2.19. The van der Waals surface area contributed by atoms with Crippen LogP contribution in [0.4, 0.5) is 8.78 Å². The van der Waals surface area contributed by atoms with Crippen molar-refractivity contribution >= 4 is 0 Å². The molecule has 1 atom stereocenters. The fourth-order valence-corrected chi connectivity index (χ4v) is 1.91. The first kappa shape index (κ1) is 14.7. The van der Waals surface area contributed by atoms with Gasteiger partial charge in [0, 0.05) is 11.1 Å². The van der Waals surface area contributed by atoms with Gasteiger partial charge in [-0.3, -0.25) is 0 Å². The number of rotatable bonds is 6. The largest absolute Gasteiger partial charge is 0.493 e. The van der Waals surface area contributed by atoms with E-state index < -0.39 is 6.43 Å². The molecule has 0 saturated carbocycles. The number of ether oxygens (including phenoxy) is 2. The van der Waals surface area contributed by atoms with Crippen LogP contribution in [0.15, 0.2) is 12.1 Å². The van der Waals surface area contributed by atoms with Gasteiger partial charge in [-0.1, -0.05) is 6.92 Å². The van der Waals surface area contributed by atoms with E-state index in [0.29, 0.717) is 30.0 Å². The Morgan fingerprint density at radius 2 is 1.89 bits per heavy atom. The van der Waals surface area contributed by atoms with Gasteiger partial charge in [0.05, 0.1) is 14.2 Å². The van der Waals surface area contributed by atoms with Crippen molar-refractivity contribution in [3.05, 3.63) is 23.3 Å². The van der Waals surface area contributed by atoms with Crippen LogP contribution in [0.2, 0.25) is 0 Å². The summed E-state index contributed by atoms with van der Waals surface area (Å²) >= 11 is 0. The quantitative estimate of drug-likeness (QED) is 0.853. The van der Waals surface area contributed by atoms with Crippen LogP contribution in [0.5, 0.6) is 11.5 Å². The molecular formula is C13H19F2NO2. The van der Waals surface area contributed by atoms with Crippen molar-refractivity contribution in [1.82, 2.24) is 0 Å². The Kier molecular flexibility index (Phi) is 5.34. The van der Waals surface area contributed by atoms with Crippen molar-refractivity contribution in [2.75, 3.05) is 20.8 Å². The van der Waals surface area contributed by atoms with E-state index in [4.69, 9.17) is 15.2 Å². The molecule has 0 amide bonds. The first-order valence-corrected chi connectivity index (χ1v) is 5.79. The van der Waals surface area contributed by atoms with Crippen LogP contribution < -0.4 is 15.2 Å². The molecule has 5 heteroatoms. The molecule has 0 aliphatic rings. The molecule has 1 aromatic carbocycles. The first-order chi connectivity index (χ1) is 8.54. The van der Waals surface area contributed by atoms with E-state index in [0.717, 1.165) is 0 Å². The lowest BCUT2D eigenvalue weighted by molar-refractivity contribution is 0.150. The molecule has 0 aliphatic carbocycles. The van der Waals surface area contributed by atoms with Crippen LogP contribution in [0.3, 0.4) is 0 Å². The summed E-state index contributed by atoms with van der Waals surface area (Å²) in [5.41, 5.74) is 6.15. The molecule has 0 aromatic heterocycles. The number of nitrogens with two attached hydrogens (primary N) is 1. The fourth-order valence-electron chi connectivity index (χ4n) is 1.91. The van der Waals surface area contributed by atoms with Crippen LogP contribution in [-0.2, 0) is 0 Å².